The molecule has 0 N–H and O–H groups in total. The van der Waals surface area contributed by atoms with Crippen LogP contribution in [-0.4, -0.2) is 49.8 Å². The number of likely N-dealkylation sites (tertiary alicyclic amines) is 1. The Morgan fingerprint density at radius 3 is 2.82 bits per heavy atom. The van der Waals surface area contributed by atoms with Gasteiger partial charge in [0.1, 0.15) is 5.60 Å². The van der Waals surface area contributed by atoms with Crippen LogP contribution in [0.5, 0.6) is 0 Å². The molecule has 0 saturated carbocycles. The van der Waals surface area contributed by atoms with Crippen LogP contribution in [0.4, 0.5) is 0 Å². The third-order valence-electron chi connectivity index (χ3n) is 3.82. The molecule has 2 rings (SSSR count). The van der Waals surface area contributed by atoms with Crippen molar-refractivity contribution in [1.29, 1.82) is 0 Å². The summed E-state index contributed by atoms with van der Waals surface area (Å²) in [4.78, 5) is 13.8. The number of carbonyl (C=O) groups is 1. The Balaban J connectivity index is 1.86. The van der Waals surface area contributed by atoms with Gasteiger partial charge in [-0.15, -0.1) is 0 Å². The zero-order valence-corrected chi connectivity index (χ0v) is 11.1. The predicted octanol–water partition coefficient (Wildman–Crippen LogP) is 1.30. The smallest absolute Gasteiger partial charge is 0.223 e. The monoisotopic (exact) mass is 241 g/mol. The molecule has 98 valence electrons. The Morgan fingerprint density at radius 1 is 1.53 bits per heavy atom. The molecule has 17 heavy (non-hydrogen) atoms. The number of nitrogens with zero attached hydrogens (tertiary/aromatic N) is 1. The lowest BCUT2D eigenvalue weighted by Gasteiger charge is -2.50. The molecule has 0 aromatic heterocycles. The first-order valence-corrected chi connectivity index (χ1v) is 6.48. The minimum Gasteiger partial charge on any atom is -0.384 e. The molecule has 2 heterocycles. The molecule has 2 aliphatic rings. The van der Waals surface area contributed by atoms with Gasteiger partial charge in [0.15, 0.2) is 0 Å². The fraction of sp³-hybridized carbons (Fsp3) is 0.923. The van der Waals surface area contributed by atoms with Gasteiger partial charge in [-0.1, -0.05) is 13.8 Å². The number of rotatable bonds is 4. The first-order valence-electron chi connectivity index (χ1n) is 6.48. The maximum atomic E-state index is 11.9. The van der Waals surface area contributed by atoms with Crippen molar-refractivity contribution < 1.29 is 14.3 Å². The maximum absolute atomic E-state index is 11.9. The molecule has 2 saturated heterocycles. The Kier molecular flexibility index (Phi) is 3.73. The van der Waals surface area contributed by atoms with Crippen LogP contribution in [0, 0.1) is 11.8 Å². The van der Waals surface area contributed by atoms with E-state index >= 15 is 0 Å². The summed E-state index contributed by atoms with van der Waals surface area (Å²) in [5, 5.41) is 0. The average Bonchev–Trinajstić information content (AvgIpc) is 2.58. The van der Waals surface area contributed by atoms with Gasteiger partial charge >= 0.3 is 0 Å². The predicted molar refractivity (Wildman–Crippen MR) is 64.7 cm³/mol. The summed E-state index contributed by atoms with van der Waals surface area (Å²) >= 11 is 0. The van der Waals surface area contributed by atoms with E-state index in [9.17, 15) is 4.79 Å². The molecule has 0 aliphatic carbocycles. The molecule has 4 heteroatoms. The lowest BCUT2D eigenvalue weighted by Crippen LogP contribution is -2.66. The lowest BCUT2D eigenvalue weighted by molar-refractivity contribution is -0.168. The number of methoxy groups -OCH3 is 1. The highest BCUT2D eigenvalue weighted by atomic mass is 16.5. The van der Waals surface area contributed by atoms with Crippen LogP contribution in [0.25, 0.3) is 0 Å². The number of ether oxygens (including phenoxy) is 2. The van der Waals surface area contributed by atoms with Crippen molar-refractivity contribution in [3.05, 3.63) is 0 Å². The fourth-order valence-corrected chi connectivity index (χ4v) is 2.83. The summed E-state index contributed by atoms with van der Waals surface area (Å²) < 4.78 is 11.1. The van der Waals surface area contributed by atoms with Gasteiger partial charge in [-0.2, -0.15) is 0 Å². The zero-order chi connectivity index (χ0) is 12.5. The summed E-state index contributed by atoms with van der Waals surface area (Å²) in [6.45, 7) is 7.21. The van der Waals surface area contributed by atoms with Crippen molar-refractivity contribution in [2.75, 3.05) is 33.4 Å². The summed E-state index contributed by atoms with van der Waals surface area (Å²) in [6.07, 6.45) is 1.70. The van der Waals surface area contributed by atoms with Gasteiger partial charge in [0.05, 0.1) is 19.7 Å². The Bertz CT molecular complexity index is 284. The minimum absolute atomic E-state index is 0.0946. The first kappa shape index (κ1) is 12.8. The van der Waals surface area contributed by atoms with Crippen LogP contribution in [0.15, 0.2) is 0 Å². The van der Waals surface area contributed by atoms with Gasteiger partial charge in [-0.05, 0) is 12.3 Å². The number of hydrogen-bond acceptors (Lipinski definition) is 3. The van der Waals surface area contributed by atoms with Crippen molar-refractivity contribution in [2.45, 2.75) is 32.3 Å². The molecule has 2 aliphatic heterocycles. The Labute approximate surface area is 103 Å². The molecule has 0 aromatic carbocycles. The van der Waals surface area contributed by atoms with Gasteiger partial charge in [0.25, 0.3) is 0 Å². The topological polar surface area (TPSA) is 38.8 Å². The van der Waals surface area contributed by atoms with Crippen LogP contribution in [0.2, 0.25) is 0 Å². The standard InChI is InChI=1S/C13H23NO3/c1-10(2)6-12(15)14-8-13(9-14)11(7-16-3)4-5-17-13/h10-11H,4-9H2,1-3H3/t11-/m1/s1. The highest BCUT2D eigenvalue weighted by molar-refractivity contribution is 5.77. The second-order valence-corrected chi connectivity index (χ2v) is 5.70. The SMILES string of the molecule is COC[C@H]1CCOC12CN(C(=O)CC(C)C)C2. The normalized spacial score (nSPS) is 26.6. The molecule has 1 spiro atoms. The molecule has 4 nitrogen and oxygen atoms in total. The zero-order valence-electron chi connectivity index (χ0n) is 11.1. The van der Waals surface area contributed by atoms with Crippen LogP contribution < -0.4 is 0 Å². The van der Waals surface area contributed by atoms with E-state index in [2.05, 4.69) is 13.8 Å². The van der Waals surface area contributed by atoms with E-state index < -0.39 is 0 Å². The summed E-state index contributed by atoms with van der Waals surface area (Å²) in [6, 6.07) is 0. The summed E-state index contributed by atoms with van der Waals surface area (Å²) in [5.41, 5.74) is -0.0946. The molecule has 0 unspecified atom stereocenters. The molecular weight excluding hydrogens is 218 g/mol. The van der Waals surface area contributed by atoms with E-state index in [-0.39, 0.29) is 11.5 Å². The molecule has 1 amide bonds. The largest absolute Gasteiger partial charge is 0.384 e. The van der Waals surface area contributed by atoms with E-state index in [1.165, 1.54) is 0 Å². The van der Waals surface area contributed by atoms with Gasteiger partial charge in [0, 0.05) is 26.1 Å². The third kappa shape index (κ3) is 2.47. The van der Waals surface area contributed by atoms with E-state index in [0.29, 0.717) is 18.3 Å². The first-order chi connectivity index (χ1) is 8.07. The minimum atomic E-state index is -0.0946. The molecule has 1 atom stereocenters. The van der Waals surface area contributed by atoms with E-state index in [1.807, 2.05) is 4.90 Å². The van der Waals surface area contributed by atoms with Gasteiger partial charge < -0.3 is 14.4 Å². The van der Waals surface area contributed by atoms with E-state index in [0.717, 1.165) is 32.7 Å². The van der Waals surface area contributed by atoms with Gasteiger partial charge in [-0.25, -0.2) is 0 Å². The molecule has 0 aromatic rings. The molecular formula is C13H23NO3. The second-order valence-electron chi connectivity index (χ2n) is 5.70. The molecule has 2 fully saturated rings. The number of hydrogen-bond donors (Lipinski definition) is 0. The Hall–Kier alpha value is -0.610. The van der Waals surface area contributed by atoms with Gasteiger partial charge in [0.2, 0.25) is 5.91 Å². The van der Waals surface area contributed by atoms with Gasteiger partial charge in [-0.3, -0.25) is 4.79 Å². The summed E-state index contributed by atoms with van der Waals surface area (Å²) in [7, 11) is 1.73. The number of carbonyl (C=O) groups excluding carboxylic acids is 1. The molecule has 0 radical (unpaired) electrons. The van der Waals surface area contributed by atoms with Crippen molar-refractivity contribution >= 4 is 5.91 Å². The molecule has 0 bridgehead atoms. The van der Waals surface area contributed by atoms with Crippen molar-refractivity contribution in [3.63, 3.8) is 0 Å². The quantitative estimate of drug-likeness (QED) is 0.744. The van der Waals surface area contributed by atoms with Crippen LogP contribution >= 0.6 is 0 Å². The summed E-state index contributed by atoms with van der Waals surface area (Å²) in [5.74, 6) is 1.14. The Morgan fingerprint density at radius 2 is 2.24 bits per heavy atom. The van der Waals surface area contributed by atoms with E-state index in [4.69, 9.17) is 9.47 Å². The number of amides is 1. The van der Waals surface area contributed by atoms with Crippen LogP contribution in [0.3, 0.4) is 0 Å². The lowest BCUT2D eigenvalue weighted by atomic mass is 9.81. The maximum Gasteiger partial charge on any atom is 0.223 e. The van der Waals surface area contributed by atoms with Crippen LogP contribution in [0.1, 0.15) is 26.7 Å². The highest BCUT2D eigenvalue weighted by Crippen LogP contribution is 2.40. The van der Waals surface area contributed by atoms with Crippen molar-refractivity contribution in [3.8, 4) is 0 Å². The van der Waals surface area contributed by atoms with Crippen molar-refractivity contribution in [2.24, 2.45) is 11.8 Å². The average molecular weight is 241 g/mol. The van der Waals surface area contributed by atoms with E-state index in [1.54, 1.807) is 7.11 Å². The fourth-order valence-electron chi connectivity index (χ4n) is 2.83. The highest BCUT2D eigenvalue weighted by Gasteiger charge is 2.54. The second kappa shape index (κ2) is 4.94. The van der Waals surface area contributed by atoms with Crippen molar-refractivity contribution in [1.82, 2.24) is 4.90 Å². The third-order valence-corrected chi connectivity index (χ3v) is 3.82. The van der Waals surface area contributed by atoms with Crippen LogP contribution in [-0.2, 0) is 14.3 Å².